The van der Waals surface area contributed by atoms with Crippen LogP contribution in [0.25, 0.3) is 0 Å². The molecule has 1 aromatic carbocycles. The van der Waals surface area contributed by atoms with Gasteiger partial charge in [-0.1, -0.05) is 23.7 Å². The first-order valence-electron chi connectivity index (χ1n) is 4.39. The van der Waals surface area contributed by atoms with Crippen molar-refractivity contribution in [3.8, 4) is 6.07 Å². The number of anilines is 1. The molecule has 1 aromatic rings. The number of rotatable bonds is 3. The Labute approximate surface area is 98.0 Å². The normalized spacial score (nSPS) is 10.7. The molecular formula is C10H10ClN5. The second-order valence-electron chi connectivity index (χ2n) is 3.03. The Bertz CT molecular complexity index is 486. The molecule has 0 spiro atoms. The Morgan fingerprint density at radius 2 is 2.31 bits per heavy atom. The van der Waals surface area contributed by atoms with Gasteiger partial charge in [0.25, 0.3) is 0 Å². The highest BCUT2D eigenvalue weighted by Crippen LogP contribution is 2.24. The molecule has 0 heterocycles. The third-order valence-electron chi connectivity index (χ3n) is 1.84. The van der Waals surface area contributed by atoms with Gasteiger partial charge in [0, 0.05) is 0 Å². The minimum absolute atomic E-state index is 0.183. The Hall–Kier alpha value is -2.06. The SMILES string of the molecule is Cc1cccc(N/N=C(\C#N)C(=N)N)c1Cl. The van der Waals surface area contributed by atoms with Gasteiger partial charge >= 0.3 is 0 Å². The van der Waals surface area contributed by atoms with Crippen LogP contribution in [0.1, 0.15) is 5.56 Å². The Morgan fingerprint density at radius 1 is 1.62 bits per heavy atom. The van der Waals surface area contributed by atoms with Crippen LogP contribution >= 0.6 is 11.6 Å². The highest BCUT2D eigenvalue weighted by atomic mass is 35.5. The van der Waals surface area contributed by atoms with Crippen molar-refractivity contribution in [3.63, 3.8) is 0 Å². The van der Waals surface area contributed by atoms with Gasteiger partial charge in [-0.2, -0.15) is 10.4 Å². The van der Waals surface area contributed by atoms with Gasteiger partial charge in [0.05, 0.1) is 10.7 Å². The van der Waals surface area contributed by atoms with Crippen LogP contribution in [0.2, 0.25) is 5.02 Å². The average molecular weight is 236 g/mol. The topological polar surface area (TPSA) is 98.0 Å². The first-order valence-corrected chi connectivity index (χ1v) is 4.77. The van der Waals surface area contributed by atoms with E-state index >= 15 is 0 Å². The predicted octanol–water partition coefficient (Wildman–Crippen LogP) is 1.88. The Balaban J connectivity index is 2.95. The molecule has 0 aromatic heterocycles. The summed E-state index contributed by atoms with van der Waals surface area (Å²) in [5.74, 6) is -0.390. The molecule has 0 saturated heterocycles. The summed E-state index contributed by atoms with van der Waals surface area (Å²) in [6.45, 7) is 1.85. The van der Waals surface area contributed by atoms with Gasteiger partial charge in [0.2, 0.25) is 5.71 Å². The second kappa shape index (κ2) is 5.14. The molecule has 0 saturated carbocycles. The van der Waals surface area contributed by atoms with Crippen LogP contribution in [0.5, 0.6) is 0 Å². The number of hydrogen-bond acceptors (Lipinski definition) is 4. The molecule has 0 unspecified atom stereocenters. The van der Waals surface area contributed by atoms with E-state index in [1.165, 1.54) is 0 Å². The van der Waals surface area contributed by atoms with Crippen LogP contribution in [0.4, 0.5) is 5.69 Å². The first-order chi connectivity index (χ1) is 7.56. The van der Waals surface area contributed by atoms with Crippen molar-refractivity contribution < 1.29 is 0 Å². The van der Waals surface area contributed by atoms with Gasteiger partial charge in [-0.15, -0.1) is 0 Å². The summed E-state index contributed by atoms with van der Waals surface area (Å²) in [6, 6.07) is 7.08. The largest absolute Gasteiger partial charge is 0.382 e. The second-order valence-corrected chi connectivity index (χ2v) is 3.41. The molecule has 0 aliphatic rings. The van der Waals surface area contributed by atoms with Crippen LogP contribution in [0.15, 0.2) is 23.3 Å². The van der Waals surface area contributed by atoms with E-state index in [9.17, 15) is 0 Å². The van der Waals surface area contributed by atoms with Gasteiger partial charge in [0.1, 0.15) is 6.07 Å². The maximum atomic E-state index is 8.62. The molecular weight excluding hydrogens is 226 g/mol. The van der Waals surface area contributed by atoms with Crippen molar-refractivity contribution in [2.24, 2.45) is 10.8 Å². The van der Waals surface area contributed by atoms with Crippen LogP contribution in [-0.2, 0) is 0 Å². The zero-order valence-corrected chi connectivity index (χ0v) is 9.34. The standard InChI is InChI=1S/C10H10ClN5/c1-6-3-2-4-7(9(6)11)15-16-8(5-12)10(13)14/h2-4,15H,1H3,(H3,13,14)/b16-8+. The summed E-state index contributed by atoms with van der Waals surface area (Å²) in [6.07, 6.45) is 0. The van der Waals surface area contributed by atoms with E-state index in [2.05, 4.69) is 10.5 Å². The summed E-state index contributed by atoms with van der Waals surface area (Å²) >= 11 is 6.00. The number of nitriles is 1. The number of halogens is 1. The molecule has 82 valence electrons. The van der Waals surface area contributed by atoms with Crippen molar-refractivity contribution >= 4 is 28.8 Å². The van der Waals surface area contributed by atoms with E-state index in [1.807, 2.05) is 13.0 Å². The van der Waals surface area contributed by atoms with E-state index < -0.39 is 5.84 Å². The molecule has 1 rings (SSSR count). The van der Waals surface area contributed by atoms with Crippen LogP contribution < -0.4 is 11.2 Å². The van der Waals surface area contributed by atoms with Crippen molar-refractivity contribution in [2.45, 2.75) is 6.92 Å². The number of amidine groups is 1. The van der Waals surface area contributed by atoms with Gasteiger partial charge in [0.15, 0.2) is 5.84 Å². The summed E-state index contributed by atoms with van der Waals surface area (Å²) in [5, 5.41) is 19.9. The lowest BCUT2D eigenvalue weighted by atomic mass is 10.2. The third kappa shape index (κ3) is 2.72. The van der Waals surface area contributed by atoms with Crippen molar-refractivity contribution in [1.82, 2.24) is 0 Å². The highest BCUT2D eigenvalue weighted by molar-refractivity contribution is 6.46. The van der Waals surface area contributed by atoms with E-state index in [0.717, 1.165) is 5.56 Å². The number of nitrogens with one attached hydrogen (secondary N) is 2. The van der Waals surface area contributed by atoms with E-state index in [-0.39, 0.29) is 5.71 Å². The molecule has 0 aliphatic carbocycles. The molecule has 6 heteroatoms. The minimum atomic E-state index is -0.390. The fraction of sp³-hybridized carbons (Fsp3) is 0.100. The first kappa shape index (κ1) is 12.0. The van der Waals surface area contributed by atoms with Gasteiger partial charge in [-0.25, -0.2) is 0 Å². The Morgan fingerprint density at radius 3 is 2.88 bits per heavy atom. The van der Waals surface area contributed by atoms with Crippen LogP contribution in [0.3, 0.4) is 0 Å². The minimum Gasteiger partial charge on any atom is -0.382 e. The van der Waals surface area contributed by atoms with Crippen molar-refractivity contribution in [1.29, 1.82) is 10.7 Å². The summed E-state index contributed by atoms with van der Waals surface area (Å²) in [7, 11) is 0. The van der Waals surface area contributed by atoms with Crippen molar-refractivity contribution in [3.05, 3.63) is 28.8 Å². The maximum absolute atomic E-state index is 8.62. The van der Waals surface area contributed by atoms with Crippen LogP contribution in [0, 0.1) is 23.7 Å². The number of hydrazone groups is 1. The monoisotopic (exact) mass is 235 g/mol. The molecule has 0 radical (unpaired) electrons. The summed E-state index contributed by atoms with van der Waals surface area (Å²) < 4.78 is 0. The van der Waals surface area contributed by atoms with Gasteiger partial charge in [-0.05, 0) is 18.6 Å². The van der Waals surface area contributed by atoms with Crippen LogP contribution in [-0.4, -0.2) is 11.5 Å². The van der Waals surface area contributed by atoms with E-state index in [1.54, 1.807) is 18.2 Å². The fourth-order valence-corrected chi connectivity index (χ4v) is 1.16. The van der Waals surface area contributed by atoms with Gasteiger partial charge < -0.3 is 5.73 Å². The number of benzene rings is 1. The zero-order valence-electron chi connectivity index (χ0n) is 8.58. The molecule has 4 N–H and O–H groups in total. The molecule has 0 bridgehead atoms. The number of hydrogen-bond donors (Lipinski definition) is 3. The number of nitrogens with two attached hydrogens (primary N) is 1. The summed E-state index contributed by atoms with van der Waals surface area (Å²) in [4.78, 5) is 0. The molecule has 0 amide bonds. The van der Waals surface area contributed by atoms with Gasteiger partial charge in [-0.3, -0.25) is 10.8 Å². The number of nitrogens with zero attached hydrogens (tertiary/aromatic N) is 2. The third-order valence-corrected chi connectivity index (χ3v) is 2.34. The number of aryl methyl sites for hydroxylation is 1. The Kier molecular flexibility index (Phi) is 3.86. The lowest BCUT2D eigenvalue weighted by molar-refractivity contribution is 1.32. The van der Waals surface area contributed by atoms with E-state index in [4.69, 9.17) is 28.0 Å². The molecule has 0 aliphatic heterocycles. The quantitative estimate of drug-likeness (QED) is 0.424. The molecule has 5 nitrogen and oxygen atoms in total. The highest BCUT2D eigenvalue weighted by Gasteiger charge is 2.04. The lowest BCUT2D eigenvalue weighted by Gasteiger charge is -2.05. The summed E-state index contributed by atoms with van der Waals surface area (Å²) in [5.41, 5.74) is 9.01. The van der Waals surface area contributed by atoms with E-state index in [0.29, 0.717) is 10.7 Å². The predicted molar refractivity (Wildman–Crippen MR) is 64.8 cm³/mol. The molecule has 0 atom stereocenters. The average Bonchev–Trinajstić information content (AvgIpc) is 2.24. The fourth-order valence-electron chi connectivity index (χ4n) is 0.995. The molecule has 0 fully saturated rings. The smallest absolute Gasteiger partial charge is 0.201 e. The zero-order chi connectivity index (χ0) is 12.1. The maximum Gasteiger partial charge on any atom is 0.201 e. The van der Waals surface area contributed by atoms with Crippen molar-refractivity contribution in [2.75, 3.05) is 5.43 Å². The lowest BCUT2D eigenvalue weighted by Crippen LogP contribution is -2.21. The molecule has 16 heavy (non-hydrogen) atoms.